The van der Waals surface area contributed by atoms with Crippen LogP contribution >= 0.6 is 0 Å². The lowest BCUT2D eigenvalue weighted by atomic mass is 9.82. The molecule has 19 heavy (non-hydrogen) atoms. The third kappa shape index (κ3) is 5.19. The molecule has 2 N–H and O–H groups in total. The van der Waals surface area contributed by atoms with Gasteiger partial charge in [0, 0.05) is 13.0 Å². The molecule has 0 atom stereocenters. The van der Waals surface area contributed by atoms with E-state index in [0.29, 0.717) is 19.4 Å². The average Bonchev–Trinajstić information content (AvgIpc) is 2.78. The minimum atomic E-state index is -0.812. The van der Waals surface area contributed by atoms with Crippen molar-refractivity contribution in [3.8, 4) is 0 Å². The first-order valence-corrected chi connectivity index (χ1v) is 7.11. The van der Waals surface area contributed by atoms with E-state index >= 15 is 0 Å². The molecule has 1 fully saturated rings. The summed E-state index contributed by atoms with van der Waals surface area (Å²) < 4.78 is 0. The molecule has 1 aliphatic rings. The van der Waals surface area contributed by atoms with Gasteiger partial charge in [0.2, 0.25) is 5.91 Å². The summed E-state index contributed by atoms with van der Waals surface area (Å²) >= 11 is 0. The van der Waals surface area contributed by atoms with Gasteiger partial charge in [0.15, 0.2) is 0 Å². The fraction of sp³-hybridized carbons (Fsp3) is 0.857. The molecule has 1 aliphatic carbocycles. The number of carboxylic acid groups (broad SMARTS) is 1. The van der Waals surface area contributed by atoms with Crippen LogP contribution in [0.15, 0.2) is 0 Å². The van der Waals surface area contributed by atoms with Crippen LogP contribution in [0, 0.1) is 5.41 Å². The van der Waals surface area contributed by atoms with E-state index in [0.717, 1.165) is 32.2 Å². The number of carbonyl (C=O) groups excluding carboxylic acids is 1. The van der Waals surface area contributed by atoms with Gasteiger partial charge in [0.25, 0.3) is 0 Å². The van der Waals surface area contributed by atoms with Crippen molar-refractivity contribution in [2.45, 2.75) is 44.9 Å². The van der Waals surface area contributed by atoms with Gasteiger partial charge in [-0.3, -0.25) is 9.59 Å². The van der Waals surface area contributed by atoms with Crippen LogP contribution in [0.4, 0.5) is 0 Å². The maximum Gasteiger partial charge on any atom is 0.310 e. The number of nitrogens with zero attached hydrogens (tertiary/aromatic N) is 1. The molecule has 0 bridgehead atoms. The molecule has 5 heteroatoms. The number of carbonyl (C=O) groups is 2. The maximum atomic E-state index is 11.8. The van der Waals surface area contributed by atoms with Gasteiger partial charge in [-0.05, 0) is 46.3 Å². The minimum Gasteiger partial charge on any atom is -0.481 e. The van der Waals surface area contributed by atoms with Crippen LogP contribution in [0.2, 0.25) is 0 Å². The summed E-state index contributed by atoms with van der Waals surface area (Å²) in [6.45, 7) is 1.65. The number of hydrogen-bond donors (Lipinski definition) is 2. The smallest absolute Gasteiger partial charge is 0.310 e. The molecule has 1 rings (SSSR count). The Morgan fingerprint density at radius 3 is 2.37 bits per heavy atom. The van der Waals surface area contributed by atoms with Crippen LogP contribution in [0.1, 0.15) is 44.9 Å². The molecule has 0 aromatic rings. The third-order valence-electron chi connectivity index (χ3n) is 3.87. The number of carboxylic acids is 1. The first-order valence-electron chi connectivity index (χ1n) is 7.11. The molecule has 5 nitrogen and oxygen atoms in total. The molecule has 0 aromatic heterocycles. The van der Waals surface area contributed by atoms with Crippen molar-refractivity contribution in [1.29, 1.82) is 0 Å². The van der Waals surface area contributed by atoms with E-state index in [9.17, 15) is 14.7 Å². The Kier molecular flexibility index (Phi) is 6.28. The number of amides is 1. The number of unbranched alkanes of at least 4 members (excludes halogenated alkanes) is 1. The van der Waals surface area contributed by atoms with Crippen LogP contribution in [0.3, 0.4) is 0 Å². The molecule has 1 saturated carbocycles. The summed E-state index contributed by atoms with van der Waals surface area (Å²) in [5.41, 5.74) is -0.798. The van der Waals surface area contributed by atoms with Crippen molar-refractivity contribution in [3.05, 3.63) is 0 Å². The third-order valence-corrected chi connectivity index (χ3v) is 3.87. The van der Waals surface area contributed by atoms with Gasteiger partial charge in [-0.2, -0.15) is 0 Å². The molecule has 0 heterocycles. The summed E-state index contributed by atoms with van der Waals surface area (Å²) in [6, 6.07) is 0. The molecular formula is C14H26N2O3. The monoisotopic (exact) mass is 270 g/mol. The summed E-state index contributed by atoms with van der Waals surface area (Å²) in [4.78, 5) is 25.3. The highest BCUT2D eigenvalue weighted by Crippen LogP contribution is 2.41. The van der Waals surface area contributed by atoms with E-state index in [4.69, 9.17) is 0 Å². The van der Waals surface area contributed by atoms with E-state index < -0.39 is 11.4 Å². The molecule has 1 amide bonds. The molecule has 110 valence electrons. The molecule has 0 unspecified atom stereocenters. The molecule has 0 radical (unpaired) electrons. The lowest BCUT2D eigenvalue weighted by Crippen LogP contribution is -2.36. The number of nitrogens with one attached hydrogen (secondary N) is 1. The Morgan fingerprint density at radius 2 is 1.84 bits per heavy atom. The first-order chi connectivity index (χ1) is 8.96. The highest BCUT2D eigenvalue weighted by molar-refractivity contribution is 5.85. The topological polar surface area (TPSA) is 69.6 Å². The second-order valence-corrected chi connectivity index (χ2v) is 5.83. The lowest BCUT2D eigenvalue weighted by molar-refractivity contribution is -0.151. The van der Waals surface area contributed by atoms with E-state index in [1.54, 1.807) is 0 Å². The van der Waals surface area contributed by atoms with Crippen LogP contribution in [-0.4, -0.2) is 49.1 Å². The van der Waals surface area contributed by atoms with Gasteiger partial charge in [-0.15, -0.1) is 0 Å². The molecule has 0 spiro atoms. The van der Waals surface area contributed by atoms with Crippen LogP contribution in [-0.2, 0) is 9.59 Å². The number of aliphatic carboxylic acids is 1. The average molecular weight is 270 g/mol. The van der Waals surface area contributed by atoms with Crippen LogP contribution in [0.5, 0.6) is 0 Å². The summed E-state index contributed by atoms with van der Waals surface area (Å²) in [6.07, 6.45) is 5.22. The predicted octanol–water partition coefficient (Wildman–Crippen LogP) is 1.48. The Hall–Kier alpha value is -1.10. The quantitative estimate of drug-likeness (QED) is 0.655. The minimum absolute atomic E-state index is 0.117. The second kappa shape index (κ2) is 7.48. The normalized spacial score (nSPS) is 17.6. The van der Waals surface area contributed by atoms with Gasteiger partial charge in [0.05, 0.1) is 5.41 Å². The highest BCUT2D eigenvalue weighted by Gasteiger charge is 2.42. The Balaban J connectivity index is 2.24. The van der Waals surface area contributed by atoms with Crippen molar-refractivity contribution in [2.24, 2.45) is 5.41 Å². The van der Waals surface area contributed by atoms with Crippen molar-refractivity contribution in [2.75, 3.05) is 27.2 Å². The van der Waals surface area contributed by atoms with Crippen LogP contribution in [0.25, 0.3) is 0 Å². The highest BCUT2D eigenvalue weighted by atomic mass is 16.4. The van der Waals surface area contributed by atoms with Gasteiger partial charge >= 0.3 is 5.97 Å². The zero-order valence-electron chi connectivity index (χ0n) is 12.1. The van der Waals surface area contributed by atoms with E-state index in [1.165, 1.54) is 0 Å². The largest absolute Gasteiger partial charge is 0.481 e. The van der Waals surface area contributed by atoms with Crippen molar-refractivity contribution in [1.82, 2.24) is 10.2 Å². The summed E-state index contributed by atoms with van der Waals surface area (Å²) in [7, 11) is 4.05. The van der Waals surface area contributed by atoms with Crippen molar-refractivity contribution in [3.63, 3.8) is 0 Å². The number of hydrogen-bond acceptors (Lipinski definition) is 3. The van der Waals surface area contributed by atoms with Crippen molar-refractivity contribution >= 4 is 11.9 Å². The van der Waals surface area contributed by atoms with Crippen molar-refractivity contribution < 1.29 is 14.7 Å². The summed E-state index contributed by atoms with van der Waals surface area (Å²) in [5.74, 6) is -0.929. The van der Waals surface area contributed by atoms with E-state index in [1.807, 2.05) is 14.1 Å². The zero-order valence-corrected chi connectivity index (χ0v) is 12.1. The van der Waals surface area contributed by atoms with Gasteiger partial charge in [-0.1, -0.05) is 12.8 Å². The van der Waals surface area contributed by atoms with E-state index in [-0.39, 0.29) is 12.3 Å². The van der Waals surface area contributed by atoms with Gasteiger partial charge < -0.3 is 15.3 Å². The Labute approximate surface area is 115 Å². The lowest BCUT2D eigenvalue weighted by Gasteiger charge is -2.22. The number of rotatable bonds is 8. The second-order valence-electron chi connectivity index (χ2n) is 5.83. The van der Waals surface area contributed by atoms with Crippen LogP contribution < -0.4 is 5.32 Å². The molecular weight excluding hydrogens is 244 g/mol. The fourth-order valence-electron chi connectivity index (χ4n) is 2.67. The molecule has 0 aromatic carbocycles. The zero-order chi connectivity index (χ0) is 14.3. The Morgan fingerprint density at radius 1 is 1.21 bits per heavy atom. The summed E-state index contributed by atoms with van der Waals surface area (Å²) in [5, 5.41) is 12.1. The molecule has 0 aliphatic heterocycles. The SMILES string of the molecule is CN(C)CCCCNC(=O)CC1(C(=O)O)CCCC1. The molecule has 0 saturated heterocycles. The Bertz CT molecular complexity index is 310. The fourth-order valence-corrected chi connectivity index (χ4v) is 2.67. The van der Waals surface area contributed by atoms with Gasteiger partial charge in [-0.25, -0.2) is 0 Å². The van der Waals surface area contributed by atoms with E-state index in [2.05, 4.69) is 10.2 Å². The predicted molar refractivity (Wildman–Crippen MR) is 74.0 cm³/mol. The standard InChI is InChI=1S/C14H26N2O3/c1-16(2)10-6-5-9-15-12(17)11-14(13(18)19)7-3-4-8-14/h3-11H2,1-2H3,(H,15,17)(H,18,19). The first kappa shape index (κ1) is 16.0. The maximum absolute atomic E-state index is 11.8. The van der Waals surface area contributed by atoms with Gasteiger partial charge in [0.1, 0.15) is 0 Å².